The summed E-state index contributed by atoms with van der Waals surface area (Å²) in [7, 11) is 0. The summed E-state index contributed by atoms with van der Waals surface area (Å²) < 4.78 is 10.3. The first-order valence-electron chi connectivity index (χ1n) is 5.22. The summed E-state index contributed by atoms with van der Waals surface area (Å²) in [6, 6.07) is 0. The zero-order chi connectivity index (χ0) is 10.8. The van der Waals surface area contributed by atoms with Crippen LogP contribution in [0.1, 0.15) is 34.1 Å². The molecule has 2 N–H and O–H groups in total. The summed E-state index contributed by atoms with van der Waals surface area (Å²) in [4.78, 5) is 0. The molecular formula is C11H26O4. The van der Waals surface area contributed by atoms with Gasteiger partial charge in [0.1, 0.15) is 0 Å². The van der Waals surface area contributed by atoms with Crippen LogP contribution in [0.25, 0.3) is 0 Å². The average Bonchev–Trinajstić information content (AvgIpc) is 2.22. The Labute approximate surface area is 93.2 Å². The fourth-order valence-corrected chi connectivity index (χ4v) is 0.792. The Balaban J connectivity index is 0. The van der Waals surface area contributed by atoms with Crippen molar-refractivity contribution in [2.75, 3.05) is 26.4 Å². The van der Waals surface area contributed by atoms with Crippen LogP contribution in [0.5, 0.6) is 0 Å². The molecule has 0 aromatic heterocycles. The van der Waals surface area contributed by atoms with Crippen LogP contribution in [0.4, 0.5) is 0 Å². The van der Waals surface area contributed by atoms with Crippen LogP contribution in [0, 0.1) is 0 Å². The van der Waals surface area contributed by atoms with Gasteiger partial charge in [0.15, 0.2) is 0 Å². The molecule has 0 aliphatic carbocycles. The average molecular weight is 222 g/mol. The first-order valence-corrected chi connectivity index (χ1v) is 5.22. The molecule has 0 saturated carbocycles. The molecule has 0 radical (unpaired) electrons. The maximum Gasteiger partial charge on any atom is 0.0771 e. The van der Waals surface area contributed by atoms with Gasteiger partial charge in [-0.05, 0) is 12.8 Å². The van der Waals surface area contributed by atoms with E-state index in [1.807, 2.05) is 13.8 Å². The molecule has 0 amide bonds. The molecule has 94 valence electrons. The minimum atomic E-state index is -0.378. The molecule has 0 fully saturated rings. The lowest BCUT2D eigenvalue weighted by molar-refractivity contribution is -0.0177. The molecule has 2 unspecified atom stereocenters. The summed E-state index contributed by atoms with van der Waals surface area (Å²) in [5.74, 6) is 0. The minimum absolute atomic E-state index is 0. The van der Waals surface area contributed by atoms with Gasteiger partial charge in [0, 0.05) is 0 Å². The van der Waals surface area contributed by atoms with Gasteiger partial charge in [0.25, 0.3) is 0 Å². The Morgan fingerprint density at radius 1 is 0.867 bits per heavy atom. The second-order valence-corrected chi connectivity index (χ2v) is 3.27. The molecule has 0 aliphatic rings. The van der Waals surface area contributed by atoms with E-state index in [9.17, 15) is 0 Å². The molecule has 4 nitrogen and oxygen atoms in total. The SMILES string of the molecule is C.CCC(O)COCCOCC(O)CC. The highest BCUT2D eigenvalue weighted by atomic mass is 16.5. The first kappa shape index (κ1) is 17.2. The van der Waals surface area contributed by atoms with Crippen LogP contribution in [0.3, 0.4) is 0 Å². The van der Waals surface area contributed by atoms with Crippen LogP contribution in [0.15, 0.2) is 0 Å². The van der Waals surface area contributed by atoms with E-state index in [2.05, 4.69) is 0 Å². The summed E-state index contributed by atoms with van der Waals surface area (Å²) in [5.41, 5.74) is 0. The number of aliphatic hydroxyl groups excluding tert-OH is 2. The highest BCUT2D eigenvalue weighted by molar-refractivity contribution is 4.49. The normalized spacial score (nSPS) is 14.4. The number of hydrogen-bond acceptors (Lipinski definition) is 4. The summed E-state index contributed by atoms with van der Waals surface area (Å²) in [5, 5.41) is 18.3. The molecule has 0 saturated heterocycles. The van der Waals surface area contributed by atoms with E-state index >= 15 is 0 Å². The predicted octanol–water partition coefficient (Wildman–Crippen LogP) is 1.20. The smallest absolute Gasteiger partial charge is 0.0771 e. The van der Waals surface area contributed by atoms with Crippen molar-refractivity contribution >= 4 is 0 Å². The van der Waals surface area contributed by atoms with Gasteiger partial charge in [0.2, 0.25) is 0 Å². The van der Waals surface area contributed by atoms with Gasteiger partial charge in [-0.25, -0.2) is 0 Å². The maximum absolute atomic E-state index is 9.13. The molecule has 2 atom stereocenters. The molecule has 0 aliphatic heterocycles. The lowest BCUT2D eigenvalue weighted by Gasteiger charge is -2.10. The van der Waals surface area contributed by atoms with Crippen LogP contribution in [0.2, 0.25) is 0 Å². The van der Waals surface area contributed by atoms with Gasteiger partial charge >= 0.3 is 0 Å². The van der Waals surface area contributed by atoms with Gasteiger partial charge in [-0.2, -0.15) is 0 Å². The van der Waals surface area contributed by atoms with E-state index in [-0.39, 0.29) is 19.6 Å². The lowest BCUT2D eigenvalue weighted by Crippen LogP contribution is -2.19. The number of rotatable bonds is 9. The van der Waals surface area contributed by atoms with E-state index in [1.165, 1.54) is 0 Å². The van der Waals surface area contributed by atoms with Gasteiger partial charge < -0.3 is 19.7 Å². The van der Waals surface area contributed by atoms with Crippen molar-refractivity contribution in [3.05, 3.63) is 0 Å². The summed E-state index contributed by atoms with van der Waals surface area (Å²) >= 11 is 0. The molecule has 0 spiro atoms. The molecule has 0 heterocycles. The van der Waals surface area contributed by atoms with E-state index in [0.29, 0.717) is 39.3 Å². The monoisotopic (exact) mass is 222 g/mol. The third-order valence-corrected chi connectivity index (χ3v) is 1.93. The molecule has 0 aromatic carbocycles. The third kappa shape index (κ3) is 11.8. The Kier molecular flexibility index (Phi) is 13.7. The fourth-order valence-electron chi connectivity index (χ4n) is 0.792. The Morgan fingerprint density at radius 3 is 1.47 bits per heavy atom. The van der Waals surface area contributed by atoms with Crippen molar-refractivity contribution in [1.29, 1.82) is 0 Å². The van der Waals surface area contributed by atoms with Crippen molar-refractivity contribution in [2.24, 2.45) is 0 Å². The van der Waals surface area contributed by atoms with E-state index in [4.69, 9.17) is 19.7 Å². The zero-order valence-electron chi connectivity index (χ0n) is 9.11. The predicted molar refractivity (Wildman–Crippen MR) is 61.0 cm³/mol. The van der Waals surface area contributed by atoms with Crippen LogP contribution in [-0.4, -0.2) is 48.8 Å². The molecule has 0 bridgehead atoms. The van der Waals surface area contributed by atoms with Crippen molar-refractivity contribution in [3.63, 3.8) is 0 Å². The highest BCUT2D eigenvalue weighted by Gasteiger charge is 2.01. The Hall–Kier alpha value is -0.160. The Bertz CT molecular complexity index is 105. The quantitative estimate of drug-likeness (QED) is 0.575. The third-order valence-electron chi connectivity index (χ3n) is 1.93. The van der Waals surface area contributed by atoms with Crippen LogP contribution < -0.4 is 0 Å². The molecule has 0 rings (SSSR count). The minimum Gasteiger partial charge on any atom is -0.391 e. The van der Waals surface area contributed by atoms with Gasteiger partial charge in [-0.3, -0.25) is 0 Å². The van der Waals surface area contributed by atoms with Gasteiger partial charge in [-0.1, -0.05) is 21.3 Å². The van der Waals surface area contributed by atoms with Crippen LogP contribution in [-0.2, 0) is 9.47 Å². The molecule has 4 heteroatoms. The van der Waals surface area contributed by atoms with E-state index in [0.717, 1.165) is 0 Å². The first-order chi connectivity index (χ1) is 6.70. The van der Waals surface area contributed by atoms with Crippen molar-refractivity contribution in [3.8, 4) is 0 Å². The standard InChI is InChI=1S/C10H22O4.CH4/c1-3-9(11)7-13-5-6-14-8-10(12)4-2;/h9-12H,3-8H2,1-2H3;1H4. The lowest BCUT2D eigenvalue weighted by atomic mass is 10.3. The van der Waals surface area contributed by atoms with Gasteiger partial charge in [-0.15, -0.1) is 0 Å². The van der Waals surface area contributed by atoms with Gasteiger partial charge in [0.05, 0.1) is 38.6 Å². The maximum atomic E-state index is 9.13. The second kappa shape index (κ2) is 11.9. The number of hydrogen-bond donors (Lipinski definition) is 2. The highest BCUT2D eigenvalue weighted by Crippen LogP contribution is 1.92. The summed E-state index contributed by atoms with van der Waals surface area (Å²) in [6.07, 6.45) is 0.651. The fraction of sp³-hybridized carbons (Fsp3) is 1.00. The number of ether oxygens (including phenoxy) is 2. The second-order valence-electron chi connectivity index (χ2n) is 3.27. The largest absolute Gasteiger partial charge is 0.391 e. The Morgan fingerprint density at radius 2 is 1.20 bits per heavy atom. The van der Waals surface area contributed by atoms with Crippen molar-refractivity contribution in [1.82, 2.24) is 0 Å². The number of aliphatic hydroxyl groups is 2. The molecule has 15 heavy (non-hydrogen) atoms. The zero-order valence-corrected chi connectivity index (χ0v) is 9.11. The van der Waals surface area contributed by atoms with E-state index < -0.39 is 0 Å². The van der Waals surface area contributed by atoms with Crippen molar-refractivity contribution < 1.29 is 19.7 Å². The van der Waals surface area contributed by atoms with E-state index in [1.54, 1.807) is 0 Å². The van der Waals surface area contributed by atoms with Crippen LogP contribution >= 0.6 is 0 Å². The van der Waals surface area contributed by atoms with Crippen molar-refractivity contribution in [2.45, 2.75) is 46.3 Å². The summed E-state index contributed by atoms with van der Waals surface area (Å²) in [6.45, 7) is 5.46. The molecule has 0 aromatic rings. The topological polar surface area (TPSA) is 58.9 Å². The molecular weight excluding hydrogens is 196 g/mol.